The molecule has 0 aliphatic heterocycles. The Hall–Kier alpha value is -1.63. The molecule has 0 atom stereocenters. The number of thiazole rings is 1. The quantitative estimate of drug-likeness (QED) is 0.580. The minimum Gasteiger partial charge on any atom is -0.465 e. The van der Waals surface area contributed by atoms with Crippen LogP contribution >= 0.6 is 11.3 Å². The molecule has 0 aromatic carbocycles. The summed E-state index contributed by atoms with van der Waals surface area (Å²) < 4.78 is 4.55. The third kappa shape index (κ3) is 3.85. The van der Waals surface area contributed by atoms with E-state index in [1.165, 1.54) is 31.6 Å². The summed E-state index contributed by atoms with van der Waals surface area (Å²) in [5.41, 5.74) is 0. The van der Waals surface area contributed by atoms with Gasteiger partial charge in [0.05, 0.1) is 13.3 Å². The molecule has 88 valence electrons. The fraction of sp³-hybridized carbons (Fsp3) is 0.444. The highest BCUT2D eigenvalue weighted by molar-refractivity contribution is 7.17. The highest BCUT2D eigenvalue weighted by Crippen LogP contribution is 2.18. The Morgan fingerprint density at radius 3 is 2.88 bits per heavy atom. The van der Waals surface area contributed by atoms with Crippen LogP contribution in [0.3, 0.4) is 0 Å². The minimum absolute atomic E-state index is 0.0730. The minimum atomic E-state index is -0.396. The maximum absolute atomic E-state index is 11.1. The van der Waals surface area contributed by atoms with Crippen molar-refractivity contribution in [1.29, 1.82) is 0 Å². The summed E-state index contributed by atoms with van der Waals surface area (Å²) in [6.07, 6.45) is 1.46. The van der Waals surface area contributed by atoms with Crippen LogP contribution in [-0.4, -0.2) is 37.1 Å². The lowest BCUT2D eigenvalue weighted by atomic mass is 10.6. The molecule has 6 nitrogen and oxygen atoms in total. The second kappa shape index (κ2) is 6.06. The number of aromatic nitrogens is 1. The Morgan fingerprint density at radius 2 is 2.25 bits per heavy atom. The number of amides is 1. The van der Waals surface area contributed by atoms with Crippen molar-refractivity contribution >= 4 is 28.3 Å². The number of anilines is 1. The van der Waals surface area contributed by atoms with Gasteiger partial charge >= 0.3 is 5.97 Å². The van der Waals surface area contributed by atoms with Crippen LogP contribution in [0.2, 0.25) is 0 Å². The number of hydrogen-bond donors (Lipinski definition) is 2. The first kappa shape index (κ1) is 12.4. The van der Waals surface area contributed by atoms with Crippen LogP contribution in [0.5, 0.6) is 0 Å². The molecular weight excluding hydrogens is 230 g/mol. The van der Waals surface area contributed by atoms with Gasteiger partial charge in [-0.2, -0.15) is 0 Å². The van der Waals surface area contributed by atoms with Crippen LogP contribution in [0.25, 0.3) is 0 Å². The average Bonchev–Trinajstić information content (AvgIpc) is 2.71. The molecule has 0 unspecified atom stereocenters. The number of methoxy groups -OCH3 is 1. The summed E-state index contributed by atoms with van der Waals surface area (Å²) in [5, 5.41) is 6.25. The zero-order valence-electron chi connectivity index (χ0n) is 9.07. The lowest BCUT2D eigenvalue weighted by Crippen LogP contribution is -2.26. The maximum Gasteiger partial charge on any atom is 0.349 e. The average molecular weight is 243 g/mol. The van der Waals surface area contributed by atoms with E-state index in [0.29, 0.717) is 23.1 Å². The number of rotatable bonds is 5. The number of nitrogens with zero attached hydrogens (tertiary/aromatic N) is 1. The van der Waals surface area contributed by atoms with Crippen LogP contribution in [0.4, 0.5) is 5.13 Å². The van der Waals surface area contributed by atoms with Crippen molar-refractivity contribution in [3.63, 3.8) is 0 Å². The number of carbonyl (C=O) groups excluding carboxylic acids is 2. The van der Waals surface area contributed by atoms with E-state index in [9.17, 15) is 9.59 Å². The summed E-state index contributed by atoms with van der Waals surface area (Å²) in [4.78, 5) is 26.1. The Labute approximate surface area is 97.0 Å². The number of esters is 1. The number of carbonyl (C=O) groups is 2. The molecule has 0 bridgehead atoms. The molecule has 0 radical (unpaired) electrons. The molecule has 7 heteroatoms. The SMILES string of the molecule is COC(=O)c1cnc(NCCNC(C)=O)s1. The third-order valence-corrected chi connectivity index (χ3v) is 2.60. The molecule has 0 fully saturated rings. The molecule has 1 rings (SSSR count). The van der Waals surface area contributed by atoms with Crippen molar-refractivity contribution in [3.05, 3.63) is 11.1 Å². The normalized spacial score (nSPS) is 9.62. The van der Waals surface area contributed by atoms with Gasteiger partial charge in [0.2, 0.25) is 5.91 Å². The third-order valence-electron chi connectivity index (χ3n) is 1.67. The number of ether oxygens (including phenoxy) is 1. The first-order valence-electron chi connectivity index (χ1n) is 4.66. The van der Waals surface area contributed by atoms with E-state index < -0.39 is 5.97 Å². The fourth-order valence-electron chi connectivity index (χ4n) is 0.959. The smallest absolute Gasteiger partial charge is 0.349 e. The van der Waals surface area contributed by atoms with Gasteiger partial charge in [0, 0.05) is 20.0 Å². The largest absolute Gasteiger partial charge is 0.465 e. The highest BCUT2D eigenvalue weighted by Gasteiger charge is 2.09. The van der Waals surface area contributed by atoms with Gasteiger partial charge in [0.1, 0.15) is 4.88 Å². The zero-order valence-corrected chi connectivity index (χ0v) is 9.89. The van der Waals surface area contributed by atoms with Crippen molar-refractivity contribution in [3.8, 4) is 0 Å². The van der Waals surface area contributed by atoms with Crippen molar-refractivity contribution in [2.75, 3.05) is 25.5 Å². The monoisotopic (exact) mass is 243 g/mol. The predicted molar refractivity (Wildman–Crippen MR) is 60.6 cm³/mol. The molecule has 0 spiro atoms. The summed E-state index contributed by atoms with van der Waals surface area (Å²) in [5.74, 6) is -0.469. The lowest BCUT2D eigenvalue weighted by molar-refractivity contribution is -0.118. The van der Waals surface area contributed by atoms with E-state index in [0.717, 1.165) is 0 Å². The molecule has 0 saturated heterocycles. The van der Waals surface area contributed by atoms with Gasteiger partial charge in [-0.1, -0.05) is 11.3 Å². The standard InChI is InChI=1S/C9H13N3O3S/c1-6(13)10-3-4-11-9-12-5-7(16-9)8(14)15-2/h5H,3-4H2,1-2H3,(H,10,13)(H,11,12). The van der Waals surface area contributed by atoms with E-state index in [1.54, 1.807) is 0 Å². The molecule has 16 heavy (non-hydrogen) atoms. The zero-order chi connectivity index (χ0) is 12.0. The molecule has 1 aromatic rings. The van der Waals surface area contributed by atoms with Crippen LogP contribution in [0.1, 0.15) is 16.6 Å². The van der Waals surface area contributed by atoms with Crippen LogP contribution < -0.4 is 10.6 Å². The second-order valence-corrected chi connectivity index (χ2v) is 3.96. The molecule has 1 heterocycles. The topological polar surface area (TPSA) is 80.3 Å². The van der Waals surface area contributed by atoms with E-state index in [4.69, 9.17) is 0 Å². The number of hydrogen-bond acceptors (Lipinski definition) is 6. The van der Waals surface area contributed by atoms with Crippen LogP contribution in [0, 0.1) is 0 Å². The van der Waals surface area contributed by atoms with Gasteiger partial charge in [-0.25, -0.2) is 9.78 Å². The summed E-state index contributed by atoms with van der Waals surface area (Å²) >= 11 is 1.21. The van der Waals surface area contributed by atoms with Gasteiger partial charge in [-0.15, -0.1) is 0 Å². The van der Waals surface area contributed by atoms with Crippen molar-refractivity contribution in [2.24, 2.45) is 0 Å². The summed E-state index contributed by atoms with van der Waals surface area (Å²) in [7, 11) is 1.33. The van der Waals surface area contributed by atoms with Gasteiger partial charge in [-0.05, 0) is 0 Å². The Balaban J connectivity index is 2.35. The maximum atomic E-state index is 11.1. The van der Waals surface area contributed by atoms with Gasteiger partial charge in [0.25, 0.3) is 0 Å². The van der Waals surface area contributed by atoms with Crippen molar-refractivity contribution in [2.45, 2.75) is 6.92 Å². The summed E-state index contributed by atoms with van der Waals surface area (Å²) in [6, 6.07) is 0. The molecule has 0 aliphatic rings. The molecule has 0 saturated carbocycles. The van der Waals surface area contributed by atoms with Crippen molar-refractivity contribution in [1.82, 2.24) is 10.3 Å². The number of nitrogens with one attached hydrogen (secondary N) is 2. The van der Waals surface area contributed by atoms with Gasteiger partial charge in [0.15, 0.2) is 5.13 Å². The Bertz CT molecular complexity index is 378. The van der Waals surface area contributed by atoms with E-state index >= 15 is 0 Å². The van der Waals surface area contributed by atoms with E-state index in [-0.39, 0.29) is 5.91 Å². The van der Waals surface area contributed by atoms with Crippen molar-refractivity contribution < 1.29 is 14.3 Å². The first-order valence-corrected chi connectivity index (χ1v) is 5.47. The summed E-state index contributed by atoms with van der Waals surface area (Å²) in [6.45, 7) is 2.54. The predicted octanol–water partition coefficient (Wildman–Crippen LogP) is 0.478. The van der Waals surface area contributed by atoms with Crippen LogP contribution in [-0.2, 0) is 9.53 Å². The molecule has 2 N–H and O–H groups in total. The lowest BCUT2D eigenvalue weighted by Gasteiger charge is -2.02. The fourth-order valence-corrected chi connectivity index (χ4v) is 1.72. The molecule has 1 amide bonds. The first-order chi connectivity index (χ1) is 7.63. The van der Waals surface area contributed by atoms with E-state index in [2.05, 4.69) is 20.4 Å². The highest BCUT2D eigenvalue weighted by atomic mass is 32.1. The van der Waals surface area contributed by atoms with Gasteiger partial charge in [-0.3, -0.25) is 4.79 Å². The Kier molecular flexibility index (Phi) is 4.71. The van der Waals surface area contributed by atoms with Gasteiger partial charge < -0.3 is 15.4 Å². The molecular formula is C9H13N3O3S. The Morgan fingerprint density at radius 1 is 1.50 bits per heavy atom. The van der Waals surface area contributed by atoms with Crippen LogP contribution in [0.15, 0.2) is 6.20 Å². The molecule has 1 aromatic heterocycles. The van der Waals surface area contributed by atoms with E-state index in [1.807, 2.05) is 0 Å². The molecule has 0 aliphatic carbocycles. The second-order valence-electron chi connectivity index (χ2n) is 2.93.